The predicted molar refractivity (Wildman–Crippen MR) is 155 cm³/mol. The summed E-state index contributed by atoms with van der Waals surface area (Å²) in [6.45, 7) is 27.5. The lowest BCUT2D eigenvalue weighted by Crippen LogP contribution is -2.15. The molecule has 2 heteroatoms. The van der Waals surface area contributed by atoms with Crippen molar-refractivity contribution >= 4 is 29.2 Å². The first-order chi connectivity index (χ1) is 14.9. The van der Waals surface area contributed by atoms with E-state index in [-0.39, 0.29) is 21.7 Å². The molecule has 1 aliphatic rings. The van der Waals surface area contributed by atoms with Gasteiger partial charge >= 0.3 is 0 Å². The minimum Gasteiger partial charge on any atom is -0.0940 e. The topological polar surface area (TPSA) is 0 Å². The van der Waals surface area contributed by atoms with E-state index in [1.807, 2.05) is 23.1 Å². The molecule has 0 saturated heterocycles. The number of hydrogen-bond acceptors (Lipinski definition) is 1. The Morgan fingerprint density at radius 1 is 0.667 bits per heavy atom. The quantitative estimate of drug-likeness (QED) is 0.305. The summed E-state index contributed by atoms with van der Waals surface area (Å²) in [4.78, 5) is 5.48. The molecule has 0 bridgehead atoms. The molecule has 0 atom stereocenters. The van der Waals surface area contributed by atoms with Crippen LogP contribution in [0.4, 0.5) is 0 Å². The van der Waals surface area contributed by atoms with Crippen LogP contribution in [0.1, 0.15) is 98.4 Å². The van der Waals surface area contributed by atoms with E-state index >= 15 is 0 Å². The van der Waals surface area contributed by atoms with Crippen LogP contribution in [0.15, 0.2) is 64.0 Å². The molecule has 1 aliphatic heterocycles. The van der Waals surface area contributed by atoms with E-state index in [9.17, 15) is 0 Å². The lowest BCUT2D eigenvalue weighted by molar-refractivity contribution is 0.504. The Morgan fingerprint density at radius 2 is 1.30 bits per heavy atom. The maximum Gasteiger partial charge on any atom is 0.231 e. The molecule has 0 amide bonds. The van der Waals surface area contributed by atoms with Gasteiger partial charge in [0.25, 0.3) is 0 Å². The Kier molecular flexibility index (Phi) is 8.51. The van der Waals surface area contributed by atoms with Gasteiger partial charge in [-0.3, -0.25) is 0 Å². The highest BCUT2D eigenvalue weighted by Crippen LogP contribution is 2.46. The highest BCUT2D eigenvalue weighted by atomic mass is 32.2. The van der Waals surface area contributed by atoms with Gasteiger partial charge in [0.2, 0.25) is 21.1 Å². The van der Waals surface area contributed by atoms with E-state index < -0.39 is 0 Å². The molecule has 1 aromatic heterocycles. The van der Waals surface area contributed by atoms with E-state index in [1.165, 1.54) is 30.7 Å². The highest BCUT2D eigenvalue weighted by molar-refractivity contribution is 8.07. The summed E-state index contributed by atoms with van der Waals surface area (Å²) in [6.07, 6.45) is 15.7. The molecule has 0 nitrogen and oxygen atoms in total. The SMILES string of the molecule is CC(C)(C)C1=C\C(=C/C=C/C=C/c2cc(C(C)(C)C)cc(C(C)(C)C)[s+]2)SC(C(C)(C)C)=C1. The first-order valence-electron chi connectivity index (χ1n) is 12.0. The molecular formula is C31H45S2+. The molecule has 0 saturated carbocycles. The Morgan fingerprint density at radius 3 is 1.82 bits per heavy atom. The summed E-state index contributed by atoms with van der Waals surface area (Å²) < 4.78 is 0. The molecule has 0 aliphatic carbocycles. The van der Waals surface area contributed by atoms with Crippen LogP contribution in [-0.2, 0) is 10.8 Å². The summed E-state index contributed by atoms with van der Waals surface area (Å²) in [5.74, 6) is 0. The van der Waals surface area contributed by atoms with E-state index in [0.29, 0.717) is 0 Å². The third kappa shape index (κ3) is 8.41. The first-order valence-corrected chi connectivity index (χ1v) is 13.7. The molecule has 33 heavy (non-hydrogen) atoms. The summed E-state index contributed by atoms with van der Waals surface area (Å²) in [7, 11) is 0. The summed E-state index contributed by atoms with van der Waals surface area (Å²) in [6, 6.07) is 4.74. The van der Waals surface area contributed by atoms with Gasteiger partial charge in [0, 0.05) is 28.5 Å². The van der Waals surface area contributed by atoms with Crippen LogP contribution in [0.25, 0.3) is 6.08 Å². The Hall–Kier alpha value is -1.38. The third-order valence-corrected chi connectivity index (χ3v) is 8.46. The van der Waals surface area contributed by atoms with Gasteiger partial charge in [0.05, 0.1) is 0 Å². The normalized spacial score (nSPS) is 17.8. The van der Waals surface area contributed by atoms with Crippen molar-refractivity contribution < 1.29 is 0 Å². The number of rotatable bonds is 3. The zero-order chi connectivity index (χ0) is 25.2. The minimum atomic E-state index is 0.143. The van der Waals surface area contributed by atoms with E-state index in [4.69, 9.17) is 0 Å². The second kappa shape index (κ2) is 10.1. The van der Waals surface area contributed by atoms with Crippen molar-refractivity contribution in [2.24, 2.45) is 10.8 Å². The smallest absolute Gasteiger partial charge is 0.0940 e. The molecular weight excluding hydrogens is 436 g/mol. The monoisotopic (exact) mass is 481 g/mol. The van der Waals surface area contributed by atoms with Crippen molar-refractivity contribution in [1.82, 2.24) is 0 Å². The molecule has 2 heterocycles. The fraction of sp³-hybridized carbons (Fsp3) is 0.516. The molecule has 0 spiro atoms. The molecule has 0 fully saturated rings. The number of allylic oxidation sites excluding steroid dienone is 8. The summed E-state index contributed by atoms with van der Waals surface area (Å²) in [5, 5.41) is 0. The van der Waals surface area contributed by atoms with Crippen molar-refractivity contribution in [3.05, 3.63) is 79.3 Å². The molecule has 0 unspecified atom stereocenters. The molecule has 0 radical (unpaired) electrons. The van der Waals surface area contributed by atoms with Crippen LogP contribution in [0, 0.1) is 10.8 Å². The average molecular weight is 482 g/mol. The predicted octanol–water partition coefficient (Wildman–Crippen LogP) is 10.7. The van der Waals surface area contributed by atoms with E-state index in [0.717, 1.165) is 0 Å². The standard InChI is InChI=1S/C31H45S2/c1-28(2,3)22-18-24(32-26(20-22)30(7,8)9)16-14-13-15-17-25-19-23(29(4,5)6)21-27(33-25)31(10,11)12/h13-21H,1-12H3/q+1. The van der Waals surface area contributed by atoms with Gasteiger partial charge < -0.3 is 0 Å². The summed E-state index contributed by atoms with van der Waals surface area (Å²) >= 11 is 3.79. The molecule has 180 valence electrons. The number of thioether (sulfide) groups is 1. The lowest BCUT2D eigenvalue weighted by atomic mass is 9.83. The van der Waals surface area contributed by atoms with Gasteiger partial charge in [-0.25, -0.2) is 0 Å². The fourth-order valence-corrected chi connectivity index (χ4v) is 5.34. The largest absolute Gasteiger partial charge is 0.231 e. The molecule has 1 aromatic rings. The van der Waals surface area contributed by atoms with Gasteiger partial charge in [-0.15, -0.1) is 0 Å². The van der Waals surface area contributed by atoms with Crippen molar-refractivity contribution in [3.8, 4) is 0 Å². The molecule has 2 rings (SSSR count). The summed E-state index contributed by atoms with van der Waals surface area (Å²) in [5.41, 5.74) is 3.40. The third-order valence-electron chi connectivity index (χ3n) is 5.58. The van der Waals surface area contributed by atoms with Crippen LogP contribution in [0.5, 0.6) is 0 Å². The zero-order valence-corrected chi connectivity index (χ0v) is 24.6. The molecule has 0 aromatic carbocycles. The van der Waals surface area contributed by atoms with Crippen molar-refractivity contribution in [3.63, 3.8) is 0 Å². The number of hydrogen-bond donors (Lipinski definition) is 0. The van der Waals surface area contributed by atoms with E-state index in [1.54, 1.807) is 0 Å². The maximum atomic E-state index is 2.39. The van der Waals surface area contributed by atoms with Gasteiger partial charge in [0.1, 0.15) is 0 Å². The van der Waals surface area contributed by atoms with Crippen molar-refractivity contribution in [1.29, 1.82) is 0 Å². The van der Waals surface area contributed by atoms with Gasteiger partial charge in [0.15, 0.2) is 0 Å². The Balaban J connectivity index is 2.29. The van der Waals surface area contributed by atoms with Gasteiger partial charge in [-0.2, -0.15) is 0 Å². The minimum absolute atomic E-state index is 0.143. The highest BCUT2D eigenvalue weighted by Gasteiger charge is 2.29. The van der Waals surface area contributed by atoms with Crippen LogP contribution in [-0.4, -0.2) is 0 Å². The average Bonchev–Trinajstić information content (AvgIpc) is 2.64. The second-order valence-corrected chi connectivity index (χ2v) is 15.4. The second-order valence-electron chi connectivity index (χ2n) is 13.1. The van der Waals surface area contributed by atoms with E-state index in [2.05, 4.69) is 138 Å². The Labute approximate surface area is 212 Å². The van der Waals surface area contributed by atoms with Crippen LogP contribution in [0.2, 0.25) is 0 Å². The fourth-order valence-electron chi connectivity index (χ4n) is 3.18. The van der Waals surface area contributed by atoms with Gasteiger partial charge in [-0.1, -0.05) is 113 Å². The Bertz CT molecular complexity index is 967. The lowest BCUT2D eigenvalue weighted by Gasteiger charge is -2.30. The molecule has 0 N–H and O–H groups in total. The van der Waals surface area contributed by atoms with Crippen molar-refractivity contribution in [2.45, 2.75) is 93.9 Å². The van der Waals surface area contributed by atoms with Crippen LogP contribution < -0.4 is 0 Å². The van der Waals surface area contributed by atoms with Crippen LogP contribution in [0.3, 0.4) is 0 Å². The van der Waals surface area contributed by atoms with Gasteiger partial charge in [-0.05, 0) is 50.5 Å². The zero-order valence-electron chi connectivity index (χ0n) is 23.0. The van der Waals surface area contributed by atoms with Crippen LogP contribution >= 0.6 is 23.1 Å². The first kappa shape index (κ1) is 27.9. The van der Waals surface area contributed by atoms with Crippen molar-refractivity contribution in [2.75, 3.05) is 0 Å². The maximum absolute atomic E-state index is 2.39.